The fraction of sp³-hybridized carbons (Fsp3) is 0.478. The van der Waals surface area contributed by atoms with Crippen LogP contribution in [0.4, 0.5) is 10.6 Å². The van der Waals surface area contributed by atoms with Crippen molar-refractivity contribution in [1.29, 1.82) is 0 Å². The van der Waals surface area contributed by atoms with E-state index in [9.17, 15) is 23.7 Å². The molecule has 3 aromatic rings. The molecule has 42 heavy (non-hydrogen) atoms. The maximum absolute atomic E-state index is 12.5. The molecule has 0 radical (unpaired) electrons. The molecule has 228 valence electrons. The summed E-state index contributed by atoms with van der Waals surface area (Å²) >= 11 is 0. The van der Waals surface area contributed by atoms with Gasteiger partial charge in [0.25, 0.3) is 0 Å². The molecule has 0 spiro atoms. The second-order valence-electron chi connectivity index (χ2n) is 9.41. The Kier molecular flexibility index (Phi) is 9.34. The Labute approximate surface area is 240 Å². The Morgan fingerprint density at radius 1 is 1.10 bits per heavy atom. The number of imidazole rings is 1. The first-order valence-corrected chi connectivity index (χ1v) is 16.2. The van der Waals surface area contributed by atoms with Gasteiger partial charge in [0.05, 0.1) is 19.2 Å². The summed E-state index contributed by atoms with van der Waals surface area (Å²) in [5.74, 6) is 0.179. The molecule has 0 bridgehead atoms. The number of anilines is 1. The highest BCUT2D eigenvalue weighted by Gasteiger charge is 2.54. The molecule has 19 heteroatoms. The lowest BCUT2D eigenvalue weighted by Crippen LogP contribution is -2.31. The van der Waals surface area contributed by atoms with Gasteiger partial charge in [0.15, 0.2) is 29.5 Å². The van der Waals surface area contributed by atoms with Gasteiger partial charge in [-0.1, -0.05) is 30.3 Å². The Hall–Kier alpha value is -2.82. The number of hydrogen-bond donors (Lipinski definition) is 5. The van der Waals surface area contributed by atoms with Crippen molar-refractivity contribution in [3.8, 4) is 0 Å². The fourth-order valence-corrected chi connectivity index (χ4v) is 7.13. The van der Waals surface area contributed by atoms with E-state index >= 15 is 0 Å². The third-order valence-electron chi connectivity index (χ3n) is 6.34. The lowest BCUT2D eigenvalue weighted by atomic mass is 10.1. The second-order valence-corrected chi connectivity index (χ2v) is 12.9. The number of urea groups is 1. The zero-order valence-corrected chi connectivity index (χ0v) is 24.4. The predicted octanol–water partition coefficient (Wildman–Crippen LogP) is 1.71. The van der Waals surface area contributed by atoms with Gasteiger partial charge < -0.3 is 34.6 Å². The van der Waals surface area contributed by atoms with Crippen LogP contribution in [0.25, 0.3) is 11.2 Å². The van der Waals surface area contributed by atoms with Gasteiger partial charge in [-0.3, -0.25) is 19.0 Å². The lowest BCUT2D eigenvalue weighted by Gasteiger charge is -2.22. The van der Waals surface area contributed by atoms with E-state index in [1.807, 2.05) is 30.3 Å². The van der Waals surface area contributed by atoms with Gasteiger partial charge in [0.2, 0.25) is 0 Å². The minimum Gasteiger partial charge on any atom is -0.347 e. The molecule has 0 aliphatic carbocycles. The fourth-order valence-electron chi connectivity index (χ4n) is 4.68. The van der Waals surface area contributed by atoms with E-state index in [-0.39, 0.29) is 5.82 Å². The maximum atomic E-state index is 12.5. The molecule has 7 atom stereocenters. The zero-order valence-electron chi connectivity index (χ0n) is 22.6. The first-order chi connectivity index (χ1) is 20.1. The summed E-state index contributed by atoms with van der Waals surface area (Å²) in [4.78, 5) is 44.8. The highest BCUT2D eigenvalue weighted by Crippen LogP contribution is 2.59. The minimum atomic E-state index is -4.96. The summed E-state index contributed by atoms with van der Waals surface area (Å²) in [5.41, 5.74) is 1.58. The number of hydrogen-bond acceptors (Lipinski definition) is 12. The molecule has 4 heterocycles. The van der Waals surface area contributed by atoms with Gasteiger partial charge in [-0.2, -0.15) is 0 Å². The first-order valence-electron chi connectivity index (χ1n) is 13.0. The SMILES string of the molecule is CCNC(=O)Nc1ncnc2c1ncn2[C@@H]1O[C@H](COP(=O)(O)OP(=O)(O)CNC)C2OC(Cc3ccccc3)O[C@@H]21. The number of ether oxygens (including phenoxy) is 3. The lowest BCUT2D eigenvalue weighted by molar-refractivity contribution is -0.149. The van der Waals surface area contributed by atoms with Gasteiger partial charge in [-0.15, -0.1) is 0 Å². The van der Waals surface area contributed by atoms with E-state index < -0.39 is 65.2 Å². The minimum absolute atomic E-state index is 0.179. The van der Waals surface area contributed by atoms with Gasteiger partial charge in [-0.25, -0.2) is 28.6 Å². The second kappa shape index (κ2) is 12.8. The first kappa shape index (κ1) is 30.6. The van der Waals surface area contributed by atoms with Crippen molar-refractivity contribution in [3.63, 3.8) is 0 Å². The quantitative estimate of drug-likeness (QED) is 0.181. The zero-order chi connectivity index (χ0) is 29.9. The van der Waals surface area contributed by atoms with Crippen molar-refractivity contribution in [3.05, 3.63) is 48.5 Å². The molecule has 4 unspecified atom stereocenters. The molecular formula is C23H31N7O10P2. The summed E-state index contributed by atoms with van der Waals surface area (Å²) in [6.45, 7) is 1.66. The van der Waals surface area contributed by atoms with Crippen molar-refractivity contribution >= 4 is 38.4 Å². The summed E-state index contributed by atoms with van der Waals surface area (Å²) in [6.07, 6.45) is -1.45. The number of benzene rings is 1. The van der Waals surface area contributed by atoms with Gasteiger partial charge in [0, 0.05) is 13.0 Å². The molecule has 5 rings (SSSR count). The van der Waals surface area contributed by atoms with Crippen molar-refractivity contribution in [2.75, 3.05) is 31.8 Å². The predicted molar refractivity (Wildman–Crippen MR) is 146 cm³/mol. The van der Waals surface area contributed by atoms with Crippen LogP contribution in [0, 0.1) is 0 Å². The van der Waals surface area contributed by atoms with Crippen molar-refractivity contribution in [2.45, 2.75) is 44.2 Å². The largest absolute Gasteiger partial charge is 0.479 e. The number of carbonyl (C=O) groups is 1. The van der Waals surface area contributed by atoms with Crippen LogP contribution in [0.5, 0.6) is 0 Å². The van der Waals surface area contributed by atoms with Crippen LogP contribution in [0.3, 0.4) is 0 Å². The number of carbonyl (C=O) groups excluding carboxylic acids is 1. The van der Waals surface area contributed by atoms with Crippen LogP contribution in [0.1, 0.15) is 18.7 Å². The number of phosphoric acid groups is 1. The smallest absolute Gasteiger partial charge is 0.347 e. The molecule has 5 N–H and O–H groups in total. The summed E-state index contributed by atoms with van der Waals surface area (Å²) in [5, 5.41) is 7.65. The molecule has 17 nitrogen and oxygen atoms in total. The van der Waals surface area contributed by atoms with Gasteiger partial charge in [-0.05, 0) is 19.5 Å². The number of fused-ring (bicyclic) bond motifs is 2. The summed E-state index contributed by atoms with van der Waals surface area (Å²) < 4.78 is 54.2. The van der Waals surface area contributed by atoms with E-state index in [1.165, 1.54) is 19.7 Å². The number of amides is 2. The maximum Gasteiger partial charge on any atom is 0.479 e. The van der Waals surface area contributed by atoms with E-state index in [0.29, 0.717) is 24.1 Å². The van der Waals surface area contributed by atoms with Crippen LogP contribution in [0.15, 0.2) is 43.0 Å². The molecule has 2 aliphatic rings. The Morgan fingerprint density at radius 3 is 2.60 bits per heavy atom. The Bertz CT molecular complexity index is 1490. The topological polar surface area (TPSA) is 218 Å². The molecule has 0 saturated carbocycles. The van der Waals surface area contributed by atoms with Gasteiger partial charge >= 0.3 is 21.4 Å². The molecular weight excluding hydrogens is 596 g/mol. The number of phosphoric ester groups is 1. The van der Waals surface area contributed by atoms with Crippen LogP contribution in [-0.4, -0.2) is 86.4 Å². The molecule has 2 aromatic heterocycles. The molecule has 2 saturated heterocycles. The molecule has 2 amide bonds. The van der Waals surface area contributed by atoms with Crippen molar-refractivity contribution < 1.29 is 46.8 Å². The average molecular weight is 627 g/mol. The highest BCUT2D eigenvalue weighted by molar-refractivity contribution is 7.63. The molecule has 1 aromatic carbocycles. The summed E-state index contributed by atoms with van der Waals surface area (Å²) in [7, 11) is -8.03. The van der Waals surface area contributed by atoms with E-state index in [1.54, 1.807) is 11.5 Å². The van der Waals surface area contributed by atoms with Crippen LogP contribution < -0.4 is 16.0 Å². The number of nitrogens with one attached hydrogen (secondary N) is 3. The third-order valence-corrected chi connectivity index (χ3v) is 9.38. The summed E-state index contributed by atoms with van der Waals surface area (Å²) in [6, 6.07) is 9.07. The number of aromatic nitrogens is 4. The normalized spacial score (nSPS) is 26.4. The molecule has 2 fully saturated rings. The third kappa shape index (κ3) is 7.03. The van der Waals surface area contributed by atoms with E-state index in [4.69, 9.17) is 18.7 Å². The monoisotopic (exact) mass is 627 g/mol. The van der Waals surface area contributed by atoms with Crippen molar-refractivity contribution in [2.24, 2.45) is 0 Å². The Balaban J connectivity index is 1.38. The van der Waals surface area contributed by atoms with Gasteiger partial charge in [0.1, 0.15) is 24.6 Å². The number of rotatable bonds is 12. The van der Waals surface area contributed by atoms with E-state index in [2.05, 4.69) is 35.2 Å². The highest BCUT2D eigenvalue weighted by atomic mass is 31.3. The van der Waals surface area contributed by atoms with Crippen molar-refractivity contribution in [1.82, 2.24) is 30.2 Å². The standard InChI is InChI=1S/C23H31N7O10P2/c1-3-25-23(31)29-20-17-21(27-11-26-20)30(12-28-17)22-19-18(38-16(39-19)9-14-7-5-4-6-8-14)15(37-22)10-36-42(34,35)40-41(32,33)13-24-2/h4-8,11-12,15-16,18-19,22,24H,3,9-10,13H2,1-2H3,(H,32,33)(H,34,35)(H2,25,26,27,29,31)/t15-,16?,18?,19+,22-/m1/s1. The number of nitrogens with zero attached hydrogens (tertiary/aromatic N) is 4. The van der Waals surface area contributed by atoms with Crippen LogP contribution in [0.2, 0.25) is 0 Å². The van der Waals surface area contributed by atoms with Crippen LogP contribution >= 0.6 is 15.4 Å². The average Bonchev–Trinajstić information content (AvgIpc) is 3.62. The van der Waals surface area contributed by atoms with E-state index in [0.717, 1.165) is 5.56 Å². The molecule has 2 aliphatic heterocycles. The van der Waals surface area contributed by atoms with Crippen LogP contribution in [-0.2, 0) is 38.6 Å². The Morgan fingerprint density at radius 2 is 1.86 bits per heavy atom.